The van der Waals surface area contributed by atoms with Gasteiger partial charge in [-0.15, -0.1) is 0 Å². The Hall–Kier alpha value is -2.86. The Kier molecular flexibility index (Phi) is 5.64. The first kappa shape index (κ1) is 17.5. The van der Waals surface area contributed by atoms with Crippen LogP contribution in [0, 0.1) is 0 Å². The molecule has 3 heterocycles. The SMILES string of the molecule is c1ccc(CCN2CCC[C@H](c3ccnc(Nc4cnccn4)n3)C2)cc1. The van der Waals surface area contributed by atoms with Gasteiger partial charge in [-0.05, 0) is 37.4 Å². The first-order valence-corrected chi connectivity index (χ1v) is 9.49. The lowest BCUT2D eigenvalue weighted by Gasteiger charge is -2.32. The van der Waals surface area contributed by atoms with E-state index >= 15 is 0 Å². The topological polar surface area (TPSA) is 66.8 Å². The van der Waals surface area contributed by atoms with Crippen molar-refractivity contribution < 1.29 is 0 Å². The summed E-state index contributed by atoms with van der Waals surface area (Å²) in [7, 11) is 0. The summed E-state index contributed by atoms with van der Waals surface area (Å²) >= 11 is 0. The standard InChI is InChI=1S/C21H24N6/c1-2-5-17(6-3-1)9-14-27-13-4-7-18(16-27)19-8-10-24-21(25-19)26-20-15-22-11-12-23-20/h1-3,5-6,8,10-12,15,18H,4,7,9,13-14,16H2,(H,23,24,25,26)/t18-/m0/s1. The Morgan fingerprint density at radius 2 is 1.96 bits per heavy atom. The number of hydrogen-bond acceptors (Lipinski definition) is 6. The Balaban J connectivity index is 1.38. The van der Waals surface area contributed by atoms with Gasteiger partial charge in [0.15, 0.2) is 5.82 Å². The molecule has 1 N–H and O–H groups in total. The van der Waals surface area contributed by atoms with Crippen molar-refractivity contribution in [2.45, 2.75) is 25.2 Å². The highest BCUT2D eigenvalue weighted by Gasteiger charge is 2.22. The minimum Gasteiger partial charge on any atom is -0.307 e. The van der Waals surface area contributed by atoms with Gasteiger partial charge >= 0.3 is 0 Å². The van der Waals surface area contributed by atoms with Crippen LogP contribution in [0.25, 0.3) is 0 Å². The van der Waals surface area contributed by atoms with Crippen LogP contribution in [0.5, 0.6) is 0 Å². The number of nitrogens with zero attached hydrogens (tertiary/aromatic N) is 5. The minimum atomic E-state index is 0.444. The molecule has 138 valence electrons. The summed E-state index contributed by atoms with van der Waals surface area (Å²) in [4.78, 5) is 19.9. The number of aromatic nitrogens is 4. The predicted molar refractivity (Wildman–Crippen MR) is 106 cm³/mol. The molecule has 0 unspecified atom stereocenters. The Morgan fingerprint density at radius 3 is 2.81 bits per heavy atom. The van der Waals surface area contributed by atoms with Crippen LogP contribution >= 0.6 is 0 Å². The molecular weight excluding hydrogens is 336 g/mol. The van der Waals surface area contributed by atoms with E-state index in [-0.39, 0.29) is 0 Å². The molecule has 1 fully saturated rings. The number of rotatable bonds is 6. The molecule has 1 aliphatic heterocycles. The molecule has 1 aliphatic rings. The van der Waals surface area contributed by atoms with Gasteiger partial charge in [0.1, 0.15) is 0 Å². The maximum absolute atomic E-state index is 4.73. The highest BCUT2D eigenvalue weighted by molar-refractivity contribution is 5.45. The third-order valence-corrected chi connectivity index (χ3v) is 4.96. The monoisotopic (exact) mass is 360 g/mol. The van der Waals surface area contributed by atoms with Crippen molar-refractivity contribution in [3.8, 4) is 0 Å². The fraction of sp³-hybridized carbons (Fsp3) is 0.333. The Labute approximate surface area is 159 Å². The molecule has 1 atom stereocenters. The molecule has 0 radical (unpaired) electrons. The van der Waals surface area contributed by atoms with Gasteiger partial charge in [0.05, 0.1) is 11.9 Å². The Bertz CT molecular complexity index is 840. The zero-order valence-corrected chi connectivity index (χ0v) is 15.3. The zero-order valence-electron chi connectivity index (χ0n) is 15.3. The van der Waals surface area contributed by atoms with E-state index in [4.69, 9.17) is 4.98 Å². The highest BCUT2D eigenvalue weighted by atomic mass is 15.2. The fourth-order valence-electron chi connectivity index (χ4n) is 3.57. The summed E-state index contributed by atoms with van der Waals surface area (Å²) in [5.74, 6) is 1.68. The summed E-state index contributed by atoms with van der Waals surface area (Å²) in [5.41, 5.74) is 2.50. The molecule has 27 heavy (non-hydrogen) atoms. The van der Waals surface area contributed by atoms with E-state index in [2.05, 4.69) is 55.5 Å². The molecule has 2 aromatic heterocycles. The predicted octanol–water partition coefficient (Wildman–Crippen LogP) is 3.43. The lowest BCUT2D eigenvalue weighted by molar-refractivity contribution is 0.208. The molecular formula is C21H24N6. The van der Waals surface area contributed by atoms with Crippen LogP contribution in [0.15, 0.2) is 61.2 Å². The second-order valence-corrected chi connectivity index (χ2v) is 6.90. The molecule has 4 rings (SSSR count). The number of benzene rings is 1. The normalized spacial score (nSPS) is 17.6. The van der Waals surface area contributed by atoms with Gasteiger partial charge in [-0.1, -0.05) is 30.3 Å². The van der Waals surface area contributed by atoms with Crippen LogP contribution in [0.2, 0.25) is 0 Å². The van der Waals surface area contributed by atoms with Crippen molar-refractivity contribution in [3.63, 3.8) is 0 Å². The summed E-state index contributed by atoms with van der Waals surface area (Å²) in [5, 5.41) is 3.13. The van der Waals surface area contributed by atoms with Crippen molar-refractivity contribution in [2.75, 3.05) is 25.0 Å². The second-order valence-electron chi connectivity index (χ2n) is 6.90. The van der Waals surface area contributed by atoms with Crippen LogP contribution in [0.1, 0.15) is 30.0 Å². The number of hydrogen-bond donors (Lipinski definition) is 1. The van der Waals surface area contributed by atoms with E-state index in [0.29, 0.717) is 17.7 Å². The average Bonchev–Trinajstić information content (AvgIpc) is 2.74. The molecule has 3 aromatic rings. The van der Waals surface area contributed by atoms with Gasteiger partial charge in [0.25, 0.3) is 0 Å². The smallest absolute Gasteiger partial charge is 0.228 e. The first-order chi connectivity index (χ1) is 13.4. The lowest BCUT2D eigenvalue weighted by Crippen LogP contribution is -2.36. The van der Waals surface area contributed by atoms with E-state index in [1.165, 1.54) is 24.9 Å². The fourth-order valence-corrected chi connectivity index (χ4v) is 3.57. The summed E-state index contributed by atoms with van der Waals surface area (Å²) in [6.07, 6.45) is 10.3. The van der Waals surface area contributed by atoms with Crippen molar-refractivity contribution in [1.29, 1.82) is 0 Å². The van der Waals surface area contributed by atoms with Gasteiger partial charge in [-0.2, -0.15) is 0 Å². The summed E-state index contributed by atoms with van der Waals surface area (Å²) < 4.78 is 0. The molecule has 6 nitrogen and oxygen atoms in total. The minimum absolute atomic E-state index is 0.444. The number of likely N-dealkylation sites (tertiary alicyclic amines) is 1. The number of nitrogens with one attached hydrogen (secondary N) is 1. The van der Waals surface area contributed by atoms with Gasteiger partial charge in [0.2, 0.25) is 5.95 Å². The zero-order chi connectivity index (χ0) is 18.3. The van der Waals surface area contributed by atoms with E-state index in [0.717, 1.165) is 25.2 Å². The van der Waals surface area contributed by atoms with Crippen molar-refractivity contribution in [2.24, 2.45) is 0 Å². The van der Waals surface area contributed by atoms with Crippen LogP contribution in [-0.4, -0.2) is 44.5 Å². The van der Waals surface area contributed by atoms with Gasteiger partial charge in [-0.25, -0.2) is 15.0 Å². The number of anilines is 2. The van der Waals surface area contributed by atoms with Crippen LogP contribution in [-0.2, 0) is 6.42 Å². The molecule has 0 saturated carbocycles. The van der Waals surface area contributed by atoms with E-state index < -0.39 is 0 Å². The third-order valence-electron chi connectivity index (χ3n) is 4.96. The summed E-state index contributed by atoms with van der Waals surface area (Å²) in [6, 6.07) is 12.7. The van der Waals surface area contributed by atoms with Crippen molar-refractivity contribution in [3.05, 3.63) is 72.4 Å². The van der Waals surface area contributed by atoms with E-state index in [1.807, 2.05) is 12.3 Å². The average molecular weight is 360 g/mol. The van der Waals surface area contributed by atoms with Crippen LogP contribution in [0.3, 0.4) is 0 Å². The first-order valence-electron chi connectivity index (χ1n) is 9.49. The van der Waals surface area contributed by atoms with E-state index in [9.17, 15) is 0 Å². The molecule has 1 aromatic carbocycles. The second kappa shape index (κ2) is 8.68. The molecule has 0 amide bonds. The van der Waals surface area contributed by atoms with Crippen LogP contribution in [0.4, 0.5) is 11.8 Å². The number of piperidine rings is 1. The Morgan fingerprint density at radius 1 is 1.04 bits per heavy atom. The van der Waals surface area contributed by atoms with Crippen LogP contribution < -0.4 is 5.32 Å². The molecule has 6 heteroatoms. The van der Waals surface area contributed by atoms with E-state index in [1.54, 1.807) is 18.6 Å². The highest BCUT2D eigenvalue weighted by Crippen LogP contribution is 2.26. The summed E-state index contributed by atoms with van der Waals surface area (Å²) in [6.45, 7) is 3.31. The van der Waals surface area contributed by atoms with Gasteiger partial charge in [0, 0.05) is 37.6 Å². The van der Waals surface area contributed by atoms with Crippen molar-refractivity contribution >= 4 is 11.8 Å². The van der Waals surface area contributed by atoms with Gasteiger partial charge < -0.3 is 10.2 Å². The lowest BCUT2D eigenvalue weighted by atomic mass is 9.94. The maximum Gasteiger partial charge on any atom is 0.228 e. The molecule has 1 saturated heterocycles. The third kappa shape index (κ3) is 4.86. The quantitative estimate of drug-likeness (QED) is 0.726. The molecule has 0 spiro atoms. The molecule has 0 bridgehead atoms. The maximum atomic E-state index is 4.73. The van der Waals surface area contributed by atoms with Crippen molar-refractivity contribution in [1.82, 2.24) is 24.8 Å². The van der Waals surface area contributed by atoms with Gasteiger partial charge in [-0.3, -0.25) is 4.98 Å². The largest absolute Gasteiger partial charge is 0.307 e. The molecule has 0 aliphatic carbocycles.